The first kappa shape index (κ1) is 21.4. The number of furan rings is 1. The van der Waals surface area contributed by atoms with E-state index in [1.54, 1.807) is 48.5 Å². The average Bonchev–Trinajstić information content (AvgIpc) is 3.62. The number of halogens is 1. The highest BCUT2D eigenvalue weighted by atomic mass is 32.1. The Morgan fingerprint density at radius 3 is 2.09 bits per heavy atom. The van der Waals surface area contributed by atoms with Crippen molar-refractivity contribution in [1.29, 1.82) is 0 Å². The van der Waals surface area contributed by atoms with Gasteiger partial charge in [0.1, 0.15) is 10.7 Å². The quantitative estimate of drug-likeness (QED) is 0.299. The van der Waals surface area contributed by atoms with Crippen LogP contribution in [0.25, 0.3) is 16.8 Å². The Morgan fingerprint density at radius 1 is 0.824 bits per heavy atom. The topological polar surface area (TPSA) is 76.3 Å². The molecule has 5 aromatic rings. The number of carbonyl (C=O) groups is 2. The van der Waals surface area contributed by atoms with Gasteiger partial charge in [0.25, 0.3) is 11.8 Å². The molecule has 0 saturated heterocycles. The number of nitrogens with one attached hydrogen (secondary N) is 2. The predicted molar refractivity (Wildman–Crippen MR) is 130 cm³/mol. The summed E-state index contributed by atoms with van der Waals surface area (Å²) in [4.78, 5) is 25.8. The third kappa shape index (κ3) is 4.39. The zero-order valence-corrected chi connectivity index (χ0v) is 18.5. The van der Waals surface area contributed by atoms with Crippen LogP contribution in [0.15, 0.2) is 101 Å². The first-order valence-electron chi connectivity index (χ1n) is 10.4. The fourth-order valence-corrected chi connectivity index (χ4v) is 4.48. The Labute approximate surface area is 198 Å². The Morgan fingerprint density at radius 2 is 1.47 bits per heavy atom. The summed E-state index contributed by atoms with van der Waals surface area (Å²) in [5.41, 5.74) is 3.53. The first-order valence-corrected chi connectivity index (χ1v) is 11.2. The number of carbonyl (C=O) groups excluding carboxylic acids is 2. The van der Waals surface area contributed by atoms with E-state index >= 15 is 0 Å². The molecule has 0 aliphatic carbocycles. The van der Waals surface area contributed by atoms with Gasteiger partial charge in [0.15, 0.2) is 5.76 Å². The molecule has 0 saturated carbocycles. The molecule has 8 heteroatoms. The Hall–Kier alpha value is -4.43. The second kappa shape index (κ2) is 9.21. The van der Waals surface area contributed by atoms with Crippen LogP contribution in [-0.2, 0) is 0 Å². The van der Waals surface area contributed by atoms with Crippen LogP contribution in [0.3, 0.4) is 0 Å². The fourth-order valence-electron chi connectivity index (χ4n) is 3.51. The lowest BCUT2D eigenvalue weighted by molar-refractivity contribution is 0.0994. The van der Waals surface area contributed by atoms with E-state index in [1.165, 1.54) is 29.7 Å². The summed E-state index contributed by atoms with van der Waals surface area (Å²) in [5.74, 6) is -0.729. The summed E-state index contributed by atoms with van der Waals surface area (Å²) >= 11 is 1.32. The molecule has 0 aliphatic rings. The van der Waals surface area contributed by atoms with Crippen molar-refractivity contribution in [3.63, 3.8) is 0 Å². The molecule has 168 valence electrons. The fraction of sp³-hybridized carbons (Fsp3) is 0. The maximum atomic E-state index is 13.4. The number of hydrogen-bond donors (Lipinski definition) is 2. The van der Waals surface area contributed by atoms with Crippen molar-refractivity contribution in [1.82, 2.24) is 4.57 Å². The summed E-state index contributed by atoms with van der Waals surface area (Å²) in [6.07, 6.45) is 5.16. The van der Waals surface area contributed by atoms with Crippen LogP contribution in [0, 0.1) is 5.82 Å². The minimum absolute atomic E-state index is 0.213. The SMILES string of the molecule is O=C(Nc1ccc(NC(=O)c2scc(-c3ccc(F)cc3)c2-n2cccc2)cc1)c1ccco1. The van der Waals surface area contributed by atoms with E-state index in [0.29, 0.717) is 16.3 Å². The van der Waals surface area contributed by atoms with Crippen molar-refractivity contribution in [2.75, 3.05) is 10.6 Å². The van der Waals surface area contributed by atoms with Gasteiger partial charge in [0.05, 0.1) is 12.0 Å². The molecule has 2 N–H and O–H groups in total. The summed E-state index contributed by atoms with van der Waals surface area (Å²) in [6.45, 7) is 0. The van der Waals surface area contributed by atoms with E-state index in [4.69, 9.17) is 4.42 Å². The van der Waals surface area contributed by atoms with E-state index in [0.717, 1.165) is 16.8 Å². The molecule has 3 heterocycles. The van der Waals surface area contributed by atoms with Gasteiger partial charge in [-0.3, -0.25) is 9.59 Å². The highest BCUT2D eigenvalue weighted by Crippen LogP contribution is 2.35. The second-order valence-corrected chi connectivity index (χ2v) is 8.27. The van der Waals surface area contributed by atoms with Gasteiger partial charge < -0.3 is 19.6 Å². The van der Waals surface area contributed by atoms with Gasteiger partial charge in [-0.25, -0.2) is 4.39 Å². The van der Waals surface area contributed by atoms with Crippen molar-refractivity contribution < 1.29 is 18.4 Å². The van der Waals surface area contributed by atoms with Gasteiger partial charge in [0, 0.05) is 34.7 Å². The Kier molecular flexibility index (Phi) is 5.80. The molecule has 0 aliphatic heterocycles. The van der Waals surface area contributed by atoms with Gasteiger partial charge in [-0.15, -0.1) is 11.3 Å². The molecule has 3 aromatic heterocycles. The number of amides is 2. The molecule has 0 bridgehead atoms. The molecule has 6 nitrogen and oxygen atoms in total. The summed E-state index contributed by atoms with van der Waals surface area (Å²) < 4.78 is 20.4. The molecule has 2 amide bonds. The number of nitrogens with zero attached hydrogens (tertiary/aromatic N) is 1. The molecular weight excluding hydrogens is 453 g/mol. The number of anilines is 2. The van der Waals surface area contributed by atoms with Crippen molar-refractivity contribution in [3.8, 4) is 16.8 Å². The molecule has 0 radical (unpaired) electrons. The number of hydrogen-bond acceptors (Lipinski definition) is 4. The van der Waals surface area contributed by atoms with Crippen molar-refractivity contribution in [2.24, 2.45) is 0 Å². The van der Waals surface area contributed by atoms with Gasteiger partial charge in [-0.2, -0.15) is 0 Å². The van der Waals surface area contributed by atoms with Crippen molar-refractivity contribution >= 4 is 34.5 Å². The smallest absolute Gasteiger partial charge is 0.291 e. The van der Waals surface area contributed by atoms with Crippen LogP contribution in [0.1, 0.15) is 20.2 Å². The molecule has 0 fully saturated rings. The third-order valence-corrected chi connectivity index (χ3v) is 6.10. The minimum Gasteiger partial charge on any atom is -0.459 e. The zero-order valence-electron chi connectivity index (χ0n) is 17.7. The normalized spacial score (nSPS) is 10.7. The second-order valence-electron chi connectivity index (χ2n) is 7.39. The van der Waals surface area contributed by atoms with Crippen LogP contribution < -0.4 is 10.6 Å². The van der Waals surface area contributed by atoms with Gasteiger partial charge in [0.2, 0.25) is 0 Å². The van der Waals surface area contributed by atoms with E-state index in [9.17, 15) is 14.0 Å². The summed E-state index contributed by atoms with van der Waals surface area (Å²) in [5, 5.41) is 7.54. The standard InChI is InChI=1S/C26H18FN3O3S/c27-18-7-5-17(6-8-18)21-16-34-24(23(21)30-13-1-2-14-30)26(32)29-20-11-9-19(10-12-20)28-25(31)22-4-3-15-33-22/h1-16H,(H,28,31)(H,29,32). The van der Waals surface area contributed by atoms with E-state index in [2.05, 4.69) is 10.6 Å². The number of aromatic nitrogens is 1. The third-order valence-electron chi connectivity index (χ3n) is 5.13. The number of benzene rings is 2. The largest absolute Gasteiger partial charge is 0.459 e. The van der Waals surface area contributed by atoms with Gasteiger partial charge in [-0.05, 0) is 66.2 Å². The summed E-state index contributed by atoms with van der Waals surface area (Å²) in [7, 11) is 0. The number of rotatable bonds is 6. The summed E-state index contributed by atoms with van der Waals surface area (Å²) in [6, 6.07) is 20.0. The highest BCUT2D eigenvalue weighted by molar-refractivity contribution is 7.13. The van der Waals surface area contributed by atoms with Crippen LogP contribution in [0.4, 0.5) is 15.8 Å². The predicted octanol–water partition coefficient (Wildman–Crippen LogP) is 6.44. The lowest BCUT2D eigenvalue weighted by Gasteiger charge is -2.11. The van der Waals surface area contributed by atoms with Crippen LogP contribution >= 0.6 is 11.3 Å². The first-order chi connectivity index (χ1) is 16.6. The average molecular weight is 472 g/mol. The van der Waals surface area contributed by atoms with Crippen LogP contribution in [-0.4, -0.2) is 16.4 Å². The molecule has 0 spiro atoms. The van der Waals surface area contributed by atoms with Crippen LogP contribution in [0.2, 0.25) is 0 Å². The van der Waals surface area contributed by atoms with E-state index < -0.39 is 0 Å². The van der Waals surface area contributed by atoms with Gasteiger partial charge in [-0.1, -0.05) is 12.1 Å². The zero-order chi connectivity index (χ0) is 23.5. The maximum Gasteiger partial charge on any atom is 0.291 e. The monoisotopic (exact) mass is 471 g/mol. The molecule has 0 unspecified atom stereocenters. The molecule has 34 heavy (non-hydrogen) atoms. The Balaban J connectivity index is 1.37. The molecule has 5 rings (SSSR count). The van der Waals surface area contributed by atoms with Gasteiger partial charge >= 0.3 is 0 Å². The lowest BCUT2D eigenvalue weighted by Crippen LogP contribution is -2.13. The molecule has 2 aromatic carbocycles. The highest BCUT2D eigenvalue weighted by Gasteiger charge is 2.20. The molecular formula is C26H18FN3O3S. The van der Waals surface area contributed by atoms with Crippen molar-refractivity contribution in [3.05, 3.63) is 113 Å². The van der Waals surface area contributed by atoms with E-state index in [1.807, 2.05) is 34.5 Å². The van der Waals surface area contributed by atoms with Crippen molar-refractivity contribution in [2.45, 2.75) is 0 Å². The minimum atomic E-state index is -0.356. The lowest BCUT2D eigenvalue weighted by atomic mass is 10.1. The Bertz CT molecular complexity index is 1420. The van der Waals surface area contributed by atoms with E-state index in [-0.39, 0.29) is 23.4 Å². The maximum absolute atomic E-state index is 13.4. The number of thiophene rings is 1. The molecule has 0 atom stereocenters. The van der Waals surface area contributed by atoms with Crippen LogP contribution in [0.5, 0.6) is 0 Å².